The maximum atomic E-state index is 10.9. The number of phenols is 1. The molecule has 2 N–H and O–H groups in total. The van der Waals surface area contributed by atoms with Crippen LogP contribution in [0, 0.1) is 0 Å². The third kappa shape index (κ3) is 2.70. The molecule has 0 unspecified atom stereocenters. The molecule has 82 valence electrons. The Labute approximate surface area is 93.3 Å². The van der Waals surface area contributed by atoms with Crippen molar-refractivity contribution in [2.45, 2.75) is 12.8 Å². The van der Waals surface area contributed by atoms with Crippen molar-refractivity contribution < 1.29 is 9.90 Å². The fourth-order valence-corrected chi connectivity index (χ4v) is 1.39. The second-order valence-corrected chi connectivity index (χ2v) is 3.56. The van der Waals surface area contributed by atoms with Crippen molar-refractivity contribution in [2.75, 3.05) is 0 Å². The molecule has 0 radical (unpaired) electrons. The summed E-state index contributed by atoms with van der Waals surface area (Å²) in [7, 11) is 0. The number of aromatic hydroxyl groups is 1. The molecule has 0 spiro atoms. The first kappa shape index (κ1) is 10.4. The highest BCUT2D eigenvalue weighted by Gasteiger charge is 2.08. The van der Waals surface area contributed by atoms with Gasteiger partial charge in [-0.25, -0.2) is 5.43 Å². The van der Waals surface area contributed by atoms with Gasteiger partial charge in [-0.1, -0.05) is 18.2 Å². The van der Waals surface area contributed by atoms with Crippen LogP contribution in [0.5, 0.6) is 5.75 Å². The van der Waals surface area contributed by atoms with Crippen molar-refractivity contribution in [2.24, 2.45) is 5.10 Å². The van der Waals surface area contributed by atoms with Crippen LogP contribution in [0.4, 0.5) is 0 Å². The Bertz CT molecular complexity index is 447. The lowest BCUT2D eigenvalue weighted by atomic mass is 10.1. The zero-order chi connectivity index (χ0) is 11.4. The van der Waals surface area contributed by atoms with Gasteiger partial charge in [0.25, 0.3) is 0 Å². The Kier molecular flexibility index (Phi) is 3.00. The molecule has 0 fully saturated rings. The first-order chi connectivity index (χ1) is 7.74. The average Bonchev–Trinajstić information content (AvgIpc) is 2.30. The van der Waals surface area contributed by atoms with E-state index in [1.54, 1.807) is 12.1 Å². The minimum Gasteiger partial charge on any atom is -0.508 e. The molecule has 1 heterocycles. The average molecular weight is 216 g/mol. The van der Waals surface area contributed by atoms with Gasteiger partial charge in [0.15, 0.2) is 0 Å². The molecular formula is C12H12N2O2. The summed E-state index contributed by atoms with van der Waals surface area (Å²) in [6.45, 7) is 0. The Morgan fingerprint density at radius 1 is 1.19 bits per heavy atom. The van der Waals surface area contributed by atoms with Crippen LogP contribution in [0.3, 0.4) is 0 Å². The van der Waals surface area contributed by atoms with Crippen molar-refractivity contribution in [3.63, 3.8) is 0 Å². The summed E-state index contributed by atoms with van der Waals surface area (Å²) in [5.74, 6) is 0.209. The van der Waals surface area contributed by atoms with Gasteiger partial charge in [0, 0.05) is 12.8 Å². The largest absolute Gasteiger partial charge is 0.508 e. The number of amides is 1. The van der Waals surface area contributed by atoms with Crippen LogP contribution in [-0.2, 0) is 4.79 Å². The summed E-state index contributed by atoms with van der Waals surface area (Å²) in [4.78, 5) is 10.9. The number of nitrogens with zero attached hydrogens (tertiary/aromatic N) is 1. The van der Waals surface area contributed by atoms with Gasteiger partial charge in [-0.3, -0.25) is 4.79 Å². The number of rotatable bonds is 2. The van der Waals surface area contributed by atoms with Crippen molar-refractivity contribution in [3.8, 4) is 5.75 Å². The summed E-state index contributed by atoms with van der Waals surface area (Å²) in [6, 6.07) is 6.88. The van der Waals surface area contributed by atoms with Gasteiger partial charge >= 0.3 is 0 Å². The number of hydrogen-bond acceptors (Lipinski definition) is 3. The van der Waals surface area contributed by atoms with Gasteiger partial charge in [0.2, 0.25) is 5.91 Å². The van der Waals surface area contributed by atoms with Gasteiger partial charge in [0.05, 0.1) is 5.71 Å². The highest BCUT2D eigenvalue weighted by Crippen LogP contribution is 2.11. The van der Waals surface area contributed by atoms with Crippen LogP contribution < -0.4 is 5.43 Å². The van der Waals surface area contributed by atoms with Crippen molar-refractivity contribution >= 4 is 17.7 Å². The van der Waals surface area contributed by atoms with E-state index in [0.29, 0.717) is 12.8 Å². The van der Waals surface area contributed by atoms with Crippen molar-refractivity contribution in [1.82, 2.24) is 5.43 Å². The lowest BCUT2D eigenvalue weighted by molar-refractivity contribution is -0.121. The number of hydrogen-bond donors (Lipinski definition) is 2. The monoisotopic (exact) mass is 216 g/mol. The third-order valence-electron chi connectivity index (χ3n) is 2.29. The molecule has 0 atom stereocenters. The summed E-state index contributed by atoms with van der Waals surface area (Å²) < 4.78 is 0. The van der Waals surface area contributed by atoms with Crippen LogP contribution in [-0.4, -0.2) is 16.7 Å². The zero-order valence-electron chi connectivity index (χ0n) is 8.68. The van der Waals surface area contributed by atoms with Gasteiger partial charge in [-0.15, -0.1) is 0 Å². The van der Waals surface area contributed by atoms with Crippen LogP contribution in [0.25, 0.3) is 6.08 Å². The number of phenolic OH excluding ortho intramolecular Hbond substituents is 1. The van der Waals surface area contributed by atoms with E-state index in [-0.39, 0.29) is 11.7 Å². The van der Waals surface area contributed by atoms with Crippen LogP contribution in [0.15, 0.2) is 35.4 Å². The number of benzene rings is 1. The fourth-order valence-electron chi connectivity index (χ4n) is 1.39. The van der Waals surface area contributed by atoms with E-state index in [1.165, 1.54) is 0 Å². The lowest BCUT2D eigenvalue weighted by Crippen LogP contribution is -2.24. The third-order valence-corrected chi connectivity index (χ3v) is 2.29. The Balaban J connectivity index is 2.04. The molecular weight excluding hydrogens is 204 g/mol. The minimum absolute atomic E-state index is 0.0400. The van der Waals surface area contributed by atoms with Crippen molar-refractivity contribution in [3.05, 3.63) is 35.9 Å². The molecule has 0 aromatic heterocycles. The number of allylic oxidation sites excluding steroid dienone is 1. The zero-order valence-corrected chi connectivity index (χ0v) is 8.68. The van der Waals surface area contributed by atoms with E-state index in [1.807, 2.05) is 24.3 Å². The highest BCUT2D eigenvalue weighted by atomic mass is 16.3. The van der Waals surface area contributed by atoms with E-state index in [4.69, 9.17) is 5.11 Å². The Morgan fingerprint density at radius 2 is 1.94 bits per heavy atom. The van der Waals surface area contributed by atoms with E-state index < -0.39 is 0 Å². The van der Waals surface area contributed by atoms with E-state index >= 15 is 0 Å². The molecule has 1 aromatic carbocycles. The maximum Gasteiger partial charge on any atom is 0.240 e. The topological polar surface area (TPSA) is 61.7 Å². The predicted molar refractivity (Wildman–Crippen MR) is 62.0 cm³/mol. The molecule has 0 aliphatic carbocycles. The predicted octanol–water partition coefficient (Wildman–Crippen LogP) is 1.67. The molecule has 2 rings (SSSR count). The molecule has 1 aliphatic rings. The van der Waals surface area contributed by atoms with E-state index in [0.717, 1.165) is 11.3 Å². The molecule has 1 amide bonds. The fraction of sp³-hybridized carbons (Fsp3) is 0.167. The number of carbonyl (C=O) groups is 1. The number of nitrogens with one attached hydrogen (secondary N) is 1. The molecule has 1 aromatic rings. The van der Waals surface area contributed by atoms with E-state index in [9.17, 15) is 4.79 Å². The molecule has 0 bridgehead atoms. The van der Waals surface area contributed by atoms with Gasteiger partial charge in [-0.2, -0.15) is 5.10 Å². The molecule has 0 saturated carbocycles. The van der Waals surface area contributed by atoms with Crippen LogP contribution in [0.2, 0.25) is 0 Å². The first-order valence-corrected chi connectivity index (χ1v) is 5.06. The standard InChI is InChI=1S/C12H12N2O2/c15-11-6-2-9(3-7-11)1-4-10-5-8-12(16)14-13-10/h1-4,6-7,15H,5,8H2,(H,14,16). The Hall–Kier alpha value is -2.10. The second-order valence-electron chi connectivity index (χ2n) is 3.56. The molecule has 16 heavy (non-hydrogen) atoms. The summed E-state index contributed by atoms with van der Waals surface area (Å²) in [6.07, 6.45) is 4.92. The smallest absolute Gasteiger partial charge is 0.240 e. The SMILES string of the molecule is O=C1CCC(C=Cc2ccc(O)cc2)=NN1. The highest BCUT2D eigenvalue weighted by molar-refractivity contribution is 6.02. The normalized spacial score (nSPS) is 16.0. The van der Waals surface area contributed by atoms with Crippen LogP contribution in [0.1, 0.15) is 18.4 Å². The summed E-state index contributed by atoms with van der Waals surface area (Å²) >= 11 is 0. The lowest BCUT2D eigenvalue weighted by Gasteiger charge is -2.07. The van der Waals surface area contributed by atoms with Crippen molar-refractivity contribution in [1.29, 1.82) is 0 Å². The first-order valence-electron chi connectivity index (χ1n) is 5.06. The Morgan fingerprint density at radius 3 is 2.56 bits per heavy atom. The maximum absolute atomic E-state index is 10.9. The molecule has 0 saturated heterocycles. The molecule has 4 heteroatoms. The van der Waals surface area contributed by atoms with Gasteiger partial charge in [0.1, 0.15) is 5.75 Å². The quantitative estimate of drug-likeness (QED) is 0.790. The number of hydrazone groups is 1. The summed E-state index contributed by atoms with van der Waals surface area (Å²) in [5.41, 5.74) is 4.27. The van der Waals surface area contributed by atoms with Crippen LogP contribution >= 0.6 is 0 Å². The van der Waals surface area contributed by atoms with Gasteiger partial charge in [-0.05, 0) is 23.8 Å². The van der Waals surface area contributed by atoms with Gasteiger partial charge < -0.3 is 5.11 Å². The number of carbonyl (C=O) groups excluding carboxylic acids is 1. The van der Waals surface area contributed by atoms with E-state index in [2.05, 4.69) is 10.5 Å². The second kappa shape index (κ2) is 4.61. The summed E-state index contributed by atoms with van der Waals surface area (Å²) in [5, 5.41) is 13.0. The molecule has 4 nitrogen and oxygen atoms in total. The minimum atomic E-state index is -0.0400. The molecule has 1 aliphatic heterocycles.